The standard InChI is InChI=1S/C29H32FN3O4.C19H15FN2O3.C7H13NO.C3H6BrCl.C2H2O4/c1-19-12-20-4-5-24(27(30)21(20)13-19)37-28-22-14-25(34-2)26(15-23(22)31-18-32-28)36-11-3-8-33-9-6-29(7-10-33)16-35-17-29;1-10-5-11-3-4-16(18(20)12(11)6-10)25-19-13-7-17(24-2)15(23)8-14(13)21-9-22-19;1-3-8-4-2-7(1)5-9-6-7;4-2-1-3-5;3-1(4)2(5)6/h4-5,13-15,18H,3,6-12,16-17H2,1-2H3;3-4,6-9,23H,5H2,1-2H3;8H,1-6H2;1-3H2;(H,3,4)(H,5,6). The predicted molar refractivity (Wildman–Crippen MR) is 310 cm³/mol. The van der Waals surface area contributed by atoms with Crippen LogP contribution in [-0.4, -0.2) is 143 Å². The first-order valence-corrected chi connectivity index (χ1v) is 28.7. The minimum atomic E-state index is -1.82. The summed E-state index contributed by atoms with van der Waals surface area (Å²) in [6.07, 6.45) is 15.0. The number of carbonyl (C=O) groups is 2. The van der Waals surface area contributed by atoms with Crippen LogP contribution in [0.4, 0.5) is 8.78 Å². The van der Waals surface area contributed by atoms with Crippen LogP contribution >= 0.6 is 27.5 Å². The molecule has 2 spiro atoms. The van der Waals surface area contributed by atoms with E-state index < -0.39 is 17.8 Å². The Hall–Kier alpha value is -6.75. The zero-order chi connectivity index (χ0) is 58.4. The van der Waals surface area contributed by atoms with Gasteiger partial charge in [-0.05, 0) is 127 Å². The number of aromatic nitrogens is 4. The number of phenols is 1. The van der Waals surface area contributed by atoms with E-state index in [-0.39, 0.29) is 40.6 Å². The van der Waals surface area contributed by atoms with Crippen molar-refractivity contribution >= 4 is 73.4 Å². The van der Waals surface area contributed by atoms with E-state index in [9.17, 15) is 9.50 Å². The van der Waals surface area contributed by atoms with Gasteiger partial charge in [0.05, 0.1) is 69.1 Å². The Balaban J connectivity index is 0.000000166. The van der Waals surface area contributed by atoms with Crippen molar-refractivity contribution in [1.29, 1.82) is 0 Å². The fourth-order valence-corrected chi connectivity index (χ4v) is 10.9. The Labute approximate surface area is 487 Å². The Bertz CT molecular complexity index is 3280. The van der Waals surface area contributed by atoms with Crippen LogP contribution in [0.1, 0.15) is 74.6 Å². The van der Waals surface area contributed by atoms with E-state index in [1.807, 2.05) is 44.2 Å². The molecule has 0 atom stereocenters. The van der Waals surface area contributed by atoms with Crippen molar-refractivity contribution in [2.45, 2.75) is 65.2 Å². The normalized spacial score (nSPS) is 16.8. The first kappa shape index (κ1) is 61.3. The van der Waals surface area contributed by atoms with E-state index in [4.69, 9.17) is 64.6 Å². The smallest absolute Gasteiger partial charge is 0.414 e. The summed E-state index contributed by atoms with van der Waals surface area (Å²) in [7, 11) is 3.04. The third kappa shape index (κ3) is 15.3. The molecule has 22 heteroatoms. The van der Waals surface area contributed by atoms with Crippen LogP contribution < -0.4 is 29.0 Å². The van der Waals surface area contributed by atoms with Gasteiger partial charge in [0, 0.05) is 51.8 Å². The second-order valence-electron chi connectivity index (χ2n) is 21.0. The Morgan fingerprint density at radius 2 is 1.20 bits per heavy atom. The van der Waals surface area contributed by atoms with Crippen molar-refractivity contribution in [1.82, 2.24) is 30.2 Å². The number of methoxy groups -OCH3 is 2. The zero-order valence-electron chi connectivity index (χ0n) is 46.3. The average molecular weight is 1220 g/mol. The number of nitrogens with one attached hydrogen (secondary N) is 1. The SMILES string of the molecule is C1CC2(CCN1)COC2.COc1cc2c(Oc3ccc4c(c3F)C=C(C)C4)ncnc2cc1O.COc1cc2c(Oc3ccc4c(c3F)C=C(C)C4)ncnc2cc1OCCCN1CCC2(CC1)COC2.ClCCCBr.O=C(O)C(=O)O. The number of phenolic OH excluding ortho intramolecular Hbond substituents is 1. The number of rotatable bonds is 13. The lowest BCUT2D eigenvalue weighted by molar-refractivity contribution is -0.159. The fraction of sp³-hybridized carbons (Fsp3) is 0.433. The number of halogens is 4. The van der Waals surface area contributed by atoms with Crippen LogP contribution in [0.15, 0.2) is 72.3 Å². The number of aliphatic carboxylic acids is 2. The van der Waals surface area contributed by atoms with Gasteiger partial charge in [0.1, 0.15) is 12.7 Å². The van der Waals surface area contributed by atoms with Gasteiger partial charge < -0.3 is 58.7 Å². The van der Waals surface area contributed by atoms with E-state index in [1.165, 1.54) is 64.6 Å². The molecule has 2 aromatic heterocycles. The van der Waals surface area contributed by atoms with Gasteiger partial charge in [0.15, 0.2) is 46.1 Å². The summed E-state index contributed by atoms with van der Waals surface area (Å²) in [5.74, 6) is -1.56. The molecule has 0 unspecified atom stereocenters. The van der Waals surface area contributed by atoms with E-state index in [2.05, 4.69) is 46.1 Å². The van der Waals surface area contributed by atoms with E-state index >= 15 is 4.39 Å². The number of fused-ring (bicyclic) bond motifs is 4. The highest BCUT2D eigenvalue weighted by Crippen LogP contribution is 2.42. The number of piperidine rings is 2. The first-order chi connectivity index (χ1) is 39.6. The van der Waals surface area contributed by atoms with Crippen molar-refractivity contribution in [2.75, 3.05) is 91.2 Å². The molecule has 4 aromatic carbocycles. The van der Waals surface area contributed by atoms with Gasteiger partial charge in [-0.2, -0.15) is 0 Å². The van der Waals surface area contributed by atoms with Crippen molar-refractivity contribution in [3.8, 4) is 46.3 Å². The number of hydrogen-bond acceptors (Lipinski definition) is 16. The van der Waals surface area contributed by atoms with Crippen LogP contribution in [0.5, 0.6) is 46.3 Å². The minimum absolute atomic E-state index is 0.0380. The average Bonchev–Trinajstić information content (AvgIpc) is 4.08. The molecule has 6 aromatic rings. The van der Waals surface area contributed by atoms with Crippen molar-refractivity contribution in [3.63, 3.8) is 0 Å². The molecular formula is C60H68BrClF2N6O12. The summed E-state index contributed by atoms with van der Waals surface area (Å²) < 4.78 is 69.0. The van der Waals surface area contributed by atoms with Crippen molar-refractivity contribution < 1.29 is 66.8 Å². The largest absolute Gasteiger partial charge is 0.504 e. The second-order valence-corrected chi connectivity index (χ2v) is 22.2. The van der Waals surface area contributed by atoms with Gasteiger partial charge in [0.25, 0.3) is 0 Å². The summed E-state index contributed by atoms with van der Waals surface area (Å²) in [5.41, 5.74) is 7.48. The van der Waals surface area contributed by atoms with Crippen molar-refractivity contribution in [3.05, 3.63) is 106 Å². The molecule has 6 heterocycles. The van der Waals surface area contributed by atoms with E-state index in [0.717, 1.165) is 105 Å². The molecule has 2 aliphatic carbocycles. The molecule has 4 aliphatic heterocycles. The lowest BCUT2D eigenvalue weighted by atomic mass is 9.77. The maximum Gasteiger partial charge on any atom is 0.414 e. The quantitative estimate of drug-likeness (QED) is 0.0479. The molecule has 12 rings (SSSR count). The van der Waals surface area contributed by atoms with Crippen LogP contribution in [0.2, 0.25) is 0 Å². The molecule has 18 nitrogen and oxygen atoms in total. The number of carboxylic acid groups (broad SMARTS) is 2. The van der Waals surface area contributed by atoms with Crippen LogP contribution in [-0.2, 0) is 31.9 Å². The molecule has 0 radical (unpaired) electrons. The van der Waals surface area contributed by atoms with E-state index in [1.54, 1.807) is 31.4 Å². The number of alkyl halides is 2. The number of ether oxygens (including phenoxy) is 7. The Kier molecular flexibility index (Phi) is 21.3. The van der Waals surface area contributed by atoms with E-state index in [0.29, 0.717) is 61.9 Å². The molecule has 0 bridgehead atoms. The molecule has 4 saturated heterocycles. The highest BCUT2D eigenvalue weighted by molar-refractivity contribution is 9.09. The second kappa shape index (κ2) is 28.5. The number of nitrogens with zero attached hydrogens (tertiary/aromatic N) is 5. The first-order valence-electron chi connectivity index (χ1n) is 27.0. The Morgan fingerprint density at radius 3 is 1.63 bits per heavy atom. The fourth-order valence-electron chi connectivity index (χ4n) is 10.2. The molecule has 0 saturated carbocycles. The van der Waals surface area contributed by atoms with Gasteiger partial charge in [-0.3, -0.25) is 0 Å². The van der Waals surface area contributed by atoms with Crippen LogP contribution in [0, 0.1) is 22.5 Å². The third-order valence-electron chi connectivity index (χ3n) is 14.9. The maximum atomic E-state index is 15.1. The highest BCUT2D eigenvalue weighted by atomic mass is 79.9. The summed E-state index contributed by atoms with van der Waals surface area (Å²) in [6, 6.07) is 13.7. The van der Waals surface area contributed by atoms with Gasteiger partial charge in [-0.1, -0.05) is 51.4 Å². The zero-order valence-corrected chi connectivity index (χ0v) is 48.7. The molecule has 4 fully saturated rings. The maximum absolute atomic E-state index is 15.1. The lowest BCUT2D eigenvalue weighted by Crippen LogP contribution is -2.51. The highest BCUT2D eigenvalue weighted by Gasteiger charge is 2.41. The number of allylic oxidation sites excluding steroid dienone is 2. The topological polar surface area (TPSA) is 226 Å². The summed E-state index contributed by atoms with van der Waals surface area (Å²) in [4.78, 5) is 37.6. The van der Waals surface area contributed by atoms with Gasteiger partial charge in [0.2, 0.25) is 11.8 Å². The molecule has 0 amide bonds. The van der Waals surface area contributed by atoms with Gasteiger partial charge in [-0.25, -0.2) is 38.3 Å². The molecule has 4 N–H and O–H groups in total. The molecular weight excluding hydrogens is 1150 g/mol. The van der Waals surface area contributed by atoms with Gasteiger partial charge in [-0.15, -0.1) is 11.6 Å². The minimum Gasteiger partial charge on any atom is -0.504 e. The summed E-state index contributed by atoms with van der Waals surface area (Å²) in [5, 5.41) is 30.2. The molecule has 438 valence electrons. The number of carboxylic acids is 2. The van der Waals surface area contributed by atoms with Gasteiger partial charge >= 0.3 is 11.9 Å². The predicted octanol–water partition coefficient (Wildman–Crippen LogP) is 11.2. The summed E-state index contributed by atoms with van der Waals surface area (Å²) >= 11 is 8.50. The number of hydrogen-bond donors (Lipinski definition) is 4. The summed E-state index contributed by atoms with van der Waals surface area (Å²) in [6.45, 7) is 14.1. The third-order valence-corrected chi connectivity index (χ3v) is 15.8. The Morgan fingerprint density at radius 1 is 0.695 bits per heavy atom. The number of aromatic hydroxyl groups is 1. The number of benzene rings is 4. The molecule has 6 aliphatic rings. The lowest BCUT2D eigenvalue weighted by Gasteiger charge is -2.47. The number of likely N-dealkylation sites (tertiary alicyclic amines) is 1. The van der Waals surface area contributed by atoms with Crippen LogP contribution in [0.3, 0.4) is 0 Å². The van der Waals surface area contributed by atoms with Crippen LogP contribution in [0.25, 0.3) is 34.0 Å². The monoisotopic (exact) mass is 1220 g/mol. The van der Waals surface area contributed by atoms with Crippen molar-refractivity contribution in [2.24, 2.45) is 10.8 Å². The molecule has 82 heavy (non-hydrogen) atoms.